The van der Waals surface area contributed by atoms with E-state index in [1.54, 1.807) is 36.4 Å². The molecule has 1 aromatic heterocycles. The average molecular weight is 481 g/mol. The quantitative estimate of drug-likeness (QED) is 0.394. The summed E-state index contributed by atoms with van der Waals surface area (Å²) >= 11 is 1.33. The van der Waals surface area contributed by atoms with Crippen molar-refractivity contribution in [3.8, 4) is 0 Å². The minimum Gasteiger partial charge on any atom is -0.368 e. The van der Waals surface area contributed by atoms with Gasteiger partial charge in [-0.2, -0.15) is 0 Å². The molecule has 2 N–H and O–H groups in total. The van der Waals surface area contributed by atoms with E-state index < -0.39 is 0 Å². The second kappa shape index (κ2) is 11.0. The van der Waals surface area contributed by atoms with Gasteiger partial charge < -0.3 is 20.4 Å². The minimum absolute atomic E-state index is 0.168. The van der Waals surface area contributed by atoms with Gasteiger partial charge in [-0.1, -0.05) is 17.8 Å². The van der Waals surface area contributed by atoms with Crippen LogP contribution in [-0.2, 0) is 9.59 Å². The fourth-order valence-corrected chi connectivity index (χ4v) is 4.30. The molecule has 1 aliphatic rings. The zero-order valence-electron chi connectivity index (χ0n) is 18.7. The van der Waals surface area contributed by atoms with Gasteiger partial charge in [-0.15, -0.1) is 0 Å². The third kappa shape index (κ3) is 6.44. The molecule has 0 saturated carbocycles. The molecule has 1 saturated heterocycles. The van der Waals surface area contributed by atoms with Crippen molar-refractivity contribution in [1.82, 2.24) is 9.97 Å². The van der Waals surface area contributed by atoms with Crippen molar-refractivity contribution in [2.75, 3.05) is 52.4 Å². The molecule has 2 amide bonds. The molecule has 176 valence electrons. The fraction of sp³-hybridized carbons (Fsp3) is 0.250. The van der Waals surface area contributed by atoms with Crippen LogP contribution in [0.2, 0.25) is 0 Å². The lowest BCUT2D eigenvalue weighted by molar-refractivity contribution is -0.114. The number of carbonyl (C=O) groups is 2. The number of nitrogens with zero attached hydrogens (tertiary/aromatic N) is 4. The molecular weight excluding hydrogens is 455 g/mol. The van der Waals surface area contributed by atoms with Crippen LogP contribution in [0, 0.1) is 5.82 Å². The maximum absolute atomic E-state index is 13.2. The molecular formula is C24H25FN6O2S. The van der Waals surface area contributed by atoms with E-state index in [4.69, 9.17) is 0 Å². The van der Waals surface area contributed by atoms with Crippen molar-refractivity contribution < 1.29 is 14.0 Å². The number of anilines is 4. The number of thioether (sulfide) groups is 1. The maximum Gasteiger partial charge on any atom is 0.234 e. The van der Waals surface area contributed by atoms with E-state index in [2.05, 4.69) is 30.4 Å². The number of halogens is 1. The number of rotatable bonds is 7. The fourth-order valence-electron chi connectivity index (χ4n) is 3.64. The van der Waals surface area contributed by atoms with Crippen LogP contribution in [0.3, 0.4) is 0 Å². The first-order chi connectivity index (χ1) is 16.5. The predicted molar refractivity (Wildman–Crippen MR) is 133 cm³/mol. The highest BCUT2D eigenvalue weighted by molar-refractivity contribution is 7.99. The molecule has 8 nitrogen and oxygen atoms in total. The summed E-state index contributed by atoms with van der Waals surface area (Å²) in [5.74, 6) is 0.438. The van der Waals surface area contributed by atoms with Crippen LogP contribution in [0.15, 0.2) is 66.0 Å². The van der Waals surface area contributed by atoms with Crippen molar-refractivity contribution >= 4 is 46.5 Å². The second-order valence-corrected chi connectivity index (χ2v) is 8.76. The molecule has 2 aromatic carbocycles. The summed E-state index contributed by atoms with van der Waals surface area (Å²) in [6.07, 6.45) is 1.51. The molecule has 0 radical (unpaired) electrons. The first kappa shape index (κ1) is 23.5. The number of hydrogen-bond donors (Lipinski definition) is 2. The Morgan fingerprint density at radius 2 is 1.62 bits per heavy atom. The van der Waals surface area contributed by atoms with Crippen molar-refractivity contribution in [2.45, 2.75) is 11.9 Å². The summed E-state index contributed by atoms with van der Waals surface area (Å²) in [4.78, 5) is 36.7. The molecule has 0 bridgehead atoms. The van der Waals surface area contributed by atoms with Gasteiger partial charge in [0.05, 0.1) is 5.75 Å². The number of hydrogen-bond acceptors (Lipinski definition) is 7. The van der Waals surface area contributed by atoms with Crippen LogP contribution in [-0.4, -0.2) is 53.7 Å². The first-order valence-electron chi connectivity index (χ1n) is 10.8. The van der Waals surface area contributed by atoms with Crippen molar-refractivity contribution in [3.63, 3.8) is 0 Å². The number of nitrogens with one attached hydrogen (secondary N) is 2. The summed E-state index contributed by atoms with van der Waals surface area (Å²) in [6.45, 7) is 4.60. The van der Waals surface area contributed by atoms with E-state index in [0.717, 1.165) is 37.7 Å². The van der Waals surface area contributed by atoms with Gasteiger partial charge in [0.1, 0.15) is 23.0 Å². The van der Waals surface area contributed by atoms with Crippen LogP contribution in [0.4, 0.5) is 27.3 Å². The number of benzene rings is 2. The molecule has 1 fully saturated rings. The third-order valence-corrected chi connectivity index (χ3v) is 6.17. The van der Waals surface area contributed by atoms with E-state index in [1.807, 2.05) is 6.07 Å². The van der Waals surface area contributed by atoms with Crippen molar-refractivity contribution in [2.24, 2.45) is 0 Å². The van der Waals surface area contributed by atoms with E-state index >= 15 is 0 Å². The van der Waals surface area contributed by atoms with Gasteiger partial charge in [-0.05, 0) is 42.5 Å². The third-order valence-electron chi connectivity index (χ3n) is 5.24. The zero-order chi connectivity index (χ0) is 23.9. The molecule has 2 heterocycles. The highest BCUT2D eigenvalue weighted by Gasteiger charge is 2.19. The summed E-state index contributed by atoms with van der Waals surface area (Å²) in [6, 6.07) is 15.4. The van der Waals surface area contributed by atoms with Crippen LogP contribution in [0.1, 0.15) is 6.92 Å². The van der Waals surface area contributed by atoms with Crippen LogP contribution < -0.4 is 20.4 Å². The first-order valence-corrected chi connectivity index (χ1v) is 11.8. The molecule has 4 rings (SSSR count). The predicted octanol–water partition coefficient (Wildman–Crippen LogP) is 3.63. The molecule has 0 unspecified atom stereocenters. The Labute approximate surface area is 201 Å². The van der Waals surface area contributed by atoms with Crippen molar-refractivity contribution in [3.05, 3.63) is 66.7 Å². The number of aromatic nitrogens is 2. The zero-order valence-corrected chi connectivity index (χ0v) is 19.5. The normalized spacial score (nSPS) is 13.5. The van der Waals surface area contributed by atoms with Crippen molar-refractivity contribution in [1.29, 1.82) is 0 Å². The highest BCUT2D eigenvalue weighted by atomic mass is 32.2. The molecule has 0 atom stereocenters. The molecule has 0 aliphatic carbocycles. The maximum atomic E-state index is 13.2. The summed E-state index contributed by atoms with van der Waals surface area (Å²) in [5.41, 5.74) is 2.24. The number of amides is 2. The largest absolute Gasteiger partial charge is 0.368 e. The van der Waals surface area contributed by atoms with Gasteiger partial charge in [-0.3, -0.25) is 9.59 Å². The Balaban J connectivity index is 1.29. The smallest absolute Gasteiger partial charge is 0.234 e. The Bertz CT molecular complexity index is 1150. The Morgan fingerprint density at radius 3 is 2.32 bits per heavy atom. The Morgan fingerprint density at radius 1 is 0.941 bits per heavy atom. The van der Waals surface area contributed by atoms with E-state index in [9.17, 15) is 14.0 Å². The minimum atomic E-state index is -0.236. The van der Waals surface area contributed by atoms with Gasteiger partial charge in [0.2, 0.25) is 11.8 Å². The molecule has 10 heteroatoms. The van der Waals surface area contributed by atoms with Gasteiger partial charge in [0, 0.05) is 56.2 Å². The van der Waals surface area contributed by atoms with Gasteiger partial charge in [0.25, 0.3) is 0 Å². The van der Waals surface area contributed by atoms with Gasteiger partial charge >= 0.3 is 0 Å². The molecule has 3 aromatic rings. The molecule has 0 spiro atoms. The lowest BCUT2D eigenvalue weighted by Gasteiger charge is -2.36. The summed E-state index contributed by atoms with van der Waals surface area (Å²) in [5, 5.41) is 6.24. The van der Waals surface area contributed by atoms with Crippen LogP contribution in [0.25, 0.3) is 0 Å². The Kier molecular flexibility index (Phi) is 7.58. The highest BCUT2D eigenvalue weighted by Crippen LogP contribution is 2.23. The van der Waals surface area contributed by atoms with E-state index in [1.165, 1.54) is 37.1 Å². The summed E-state index contributed by atoms with van der Waals surface area (Å²) < 4.78 is 13.2. The van der Waals surface area contributed by atoms with Gasteiger partial charge in [0.15, 0.2) is 0 Å². The SMILES string of the molecule is CC(=O)Nc1cccc(NC(=O)CSc2cc(N3CCN(c4ccc(F)cc4)CC3)ncn2)c1. The molecule has 34 heavy (non-hydrogen) atoms. The van der Waals surface area contributed by atoms with Crippen LogP contribution >= 0.6 is 11.8 Å². The topological polar surface area (TPSA) is 90.5 Å². The van der Waals surface area contributed by atoms with E-state index in [-0.39, 0.29) is 23.4 Å². The Hall–Kier alpha value is -3.66. The number of piperazine rings is 1. The standard InChI is InChI=1S/C24H25FN6O2S/c1-17(32)28-19-3-2-4-20(13-19)29-23(33)15-34-24-14-22(26-16-27-24)31-11-9-30(10-12-31)21-7-5-18(25)6-8-21/h2-8,13-14,16H,9-12,15H2,1H3,(H,28,32)(H,29,33). The van der Waals surface area contributed by atoms with Gasteiger partial charge in [-0.25, -0.2) is 14.4 Å². The summed E-state index contributed by atoms with van der Waals surface area (Å²) in [7, 11) is 0. The number of carbonyl (C=O) groups excluding carboxylic acids is 2. The monoisotopic (exact) mass is 480 g/mol. The second-order valence-electron chi connectivity index (χ2n) is 7.76. The average Bonchev–Trinajstić information content (AvgIpc) is 2.83. The lowest BCUT2D eigenvalue weighted by atomic mass is 10.2. The van der Waals surface area contributed by atoms with E-state index in [0.29, 0.717) is 16.4 Å². The van der Waals surface area contributed by atoms with Crippen LogP contribution in [0.5, 0.6) is 0 Å². The molecule has 1 aliphatic heterocycles. The lowest BCUT2D eigenvalue weighted by Crippen LogP contribution is -2.46.